The molecule has 0 saturated carbocycles. The van der Waals surface area contributed by atoms with E-state index in [1.54, 1.807) is 0 Å². The van der Waals surface area contributed by atoms with Crippen LogP contribution in [0.5, 0.6) is 5.75 Å². The summed E-state index contributed by atoms with van der Waals surface area (Å²) in [5.41, 5.74) is 1.20. The molecule has 0 fully saturated rings. The molecular formula is C14H18O3. The summed E-state index contributed by atoms with van der Waals surface area (Å²) in [5, 5.41) is 0. The molecule has 92 valence electrons. The van der Waals surface area contributed by atoms with Crippen LogP contribution in [0.3, 0.4) is 0 Å². The first kappa shape index (κ1) is 12.0. The van der Waals surface area contributed by atoms with Crippen molar-refractivity contribution in [1.29, 1.82) is 0 Å². The lowest BCUT2D eigenvalue weighted by atomic mass is 10.1. The van der Waals surface area contributed by atoms with Crippen LogP contribution in [0.4, 0.5) is 0 Å². The van der Waals surface area contributed by atoms with Crippen LogP contribution < -0.4 is 4.74 Å². The van der Waals surface area contributed by atoms with E-state index in [0.29, 0.717) is 19.6 Å². The second-order valence-corrected chi connectivity index (χ2v) is 4.24. The van der Waals surface area contributed by atoms with E-state index in [1.165, 1.54) is 5.56 Å². The number of aryl methyl sites for hydroxylation is 1. The molecule has 0 N–H and O–H groups in total. The molecule has 17 heavy (non-hydrogen) atoms. The van der Waals surface area contributed by atoms with Crippen LogP contribution in [0.15, 0.2) is 24.3 Å². The molecule has 0 radical (unpaired) electrons. The summed E-state index contributed by atoms with van der Waals surface area (Å²) >= 11 is 0. The van der Waals surface area contributed by atoms with Gasteiger partial charge in [-0.2, -0.15) is 0 Å². The molecule has 0 atom stereocenters. The molecule has 0 bridgehead atoms. The van der Waals surface area contributed by atoms with Crippen molar-refractivity contribution < 1.29 is 14.3 Å². The van der Waals surface area contributed by atoms with Gasteiger partial charge in [0.15, 0.2) is 0 Å². The molecule has 0 saturated heterocycles. The zero-order valence-corrected chi connectivity index (χ0v) is 9.98. The van der Waals surface area contributed by atoms with Crippen molar-refractivity contribution in [2.24, 2.45) is 0 Å². The first-order chi connectivity index (χ1) is 8.36. The molecule has 0 aromatic heterocycles. The van der Waals surface area contributed by atoms with Crippen LogP contribution in [0, 0.1) is 0 Å². The highest BCUT2D eigenvalue weighted by Gasteiger charge is 2.07. The molecule has 3 heteroatoms. The third kappa shape index (κ3) is 3.77. The van der Waals surface area contributed by atoms with Gasteiger partial charge < -0.3 is 9.47 Å². The molecule has 0 spiro atoms. The van der Waals surface area contributed by atoms with E-state index >= 15 is 0 Å². The van der Waals surface area contributed by atoms with Crippen molar-refractivity contribution in [3.8, 4) is 5.75 Å². The monoisotopic (exact) mass is 234 g/mol. The molecule has 0 aliphatic carbocycles. The number of hydrogen-bond acceptors (Lipinski definition) is 3. The van der Waals surface area contributed by atoms with Gasteiger partial charge >= 0.3 is 5.97 Å². The number of rotatable bonds is 0. The third-order valence-corrected chi connectivity index (χ3v) is 2.86. The molecule has 1 aliphatic rings. The number of fused-ring (bicyclic) bond motifs is 1. The topological polar surface area (TPSA) is 35.5 Å². The lowest BCUT2D eigenvalue weighted by molar-refractivity contribution is -0.143. The van der Waals surface area contributed by atoms with Gasteiger partial charge in [-0.15, -0.1) is 0 Å². The summed E-state index contributed by atoms with van der Waals surface area (Å²) in [5.74, 6) is 0.887. The molecular weight excluding hydrogens is 216 g/mol. The number of cyclic esters (lactones) is 1. The maximum absolute atomic E-state index is 11.3. The second-order valence-electron chi connectivity index (χ2n) is 4.24. The number of hydrogen-bond donors (Lipinski definition) is 0. The number of carbonyl (C=O) groups is 1. The van der Waals surface area contributed by atoms with E-state index in [1.807, 2.05) is 18.2 Å². The van der Waals surface area contributed by atoms with Crippen LogP contribution in [-0.2, 0) is 16.0 Å². The zero-order chi connectivity index (χ0) is 11.9. The predicted octanol–water partition coefficient (Wildman–Crippen LogP) is 2.73. The third-order valence-electron chi connectivity index (χ3n) is 2.86. The van der Waals surface area contributed by atoms with Gasteiger partial charge in [0.2, 0.25) is 0 Å². The molecule has 1 aromatic carbocycles. The fourth-order valence-electron chi connectivity index (χ4n) is 1.93. The van der Waals surface area contributed by atoms with E-state index in [0.717, 1.165) is 31.4 Å². The average molecular weight is 234 g/mol. The highest BCUT2D eigenvalue weighted by molar-refractivity contribution is 5.69. The van der Waals surface area contributed by atoms with E-state index in [4.69, 9.17) is 9.47 Å². The second kappa shape index (κ2) is 6.28. The van der Waals surface area contributed by atoms with Crippen molar-refractivity contribution in [3.05, 3.63) is 29.8 Å². The van der Waals surface area contributed by atoms with E-state index < -0.39 is 0 Å². The highest BCUT2D eigenvalue weighted by Crippen LogP contribution is 2.20. The fourth-order valence-corrected chi connectivity index (χ4v) is 1.93. The zero-order valence-electron chi connectivity index (χ0n) is 9.98. The Hall–Kier alpha value is -1.51. The van der Waals surface area contributed by atoms with Crippen LogP contribution in [0.2, 0.25) is 0 Å². The van der Waals surface area contributed by atoms with Gasteiger partial charge in [-0.25, -0.2) is 0 Å². The van der Waals surface area contributed by atoms with Crippen molar-refractivity contribution in [3.63, 3.8) is 0 Å². The van der Waals surface area contributed by atoms with Gasteiger partial charge in [0, 0.05) is 6.42 Å². The first-order valence-corrected chi connectivity index (χ1v) is 6.22. The van der Waals surface area contributed by atoms with Crippen LogP contribution >= 0.6 is 0 Å². The number of para-hydroxylation sites is 1. The van der Waals surface area contributed by atoms with Gasteiger partial charge in [-0.3, -0.25) is 4.79 Å². The normalized spacial score (nSPS) is 18.0. The minimum absolute atomic E-state index is 0.0844. The van der Waals surface area contributed by atoms with Gasteiger partial charge in [0.1, 0.15) is 5.75 Å². The molecule has 0 amide bonds. The summed E-state index contributed by atoms with van der Waals surface area (Å²) in [6.45, 7) is 1.18. The fraction of sp³-hybridized carbons (Fsp3) is 0.500. The Bertz CT molecular complexity index is 373. The molecule has 3 nitrogen and oxygen atoms in total. The lowest BCUT2D eigenvalue weighted by Gasteiger charge is -2.13. The van der Waals surface area contributed by atoms with Crippen molar-refractivity contribution in [1.82, 2.24) is 0 Å². The van der Waals surface area contributed by atoms with Crippen molar-refractivity contribution in [2.75, 3.05) is 13.2 Å². The van der Waals surface area contributed by atoms with Crippen LogP contribution in [-0.4, -0.2) is 19.2 Å². The summed E-state index contributed by atoms with van der Waals surface area (Å²) in [6.07, 6.45) is 3.98. The highest BCUT2D eigenvalue weighted by atomic mass is 16.5. The molecule has 0 unspecified atom stereocenters. The maximum atomic E-state index is 11.3. The first-order valence-electron chi connectivity index (χ1n) is 6.22. The Morgan fingerprint density at radius 1 is 0.882 bits per heavy atom. The number of ether oxygens (including phenoxy) is 2. The largest absolute Gasteiger partial charge is 0.493 e. The Morgan fingerprint density at radius 2 is 1.71 bits per heavy atom. The van der Waals surface area contributed by atoms with E-state index in [9.17, 15) is 4.79 Å². The Labute approximate surface area is 102 Å². The summed E-state index contributed by atoms with van der Waals surface area (Å²) < 4.78 is 10.9. The van der Waals surface area contributed by atoms with Crippen molar-refractivity contribution >= 4 is 5.97 Å². The molecule has 1 aromatic rings. The average Bonchev–Trinajstić information content (AvgIpc) is 2.34. The number of esters is 1. The number of benzene rings is 1. The van der Waals surface area contributed by atoms with Crippen molar-refractivity contribution in [2.45, 2.75) is 32.1 Å². The van der Waals surface area contributed by atoms with E-state index in [2.05, 4.69) is 6.07 Å². The minimum Gasteiger partial charge on any atom is -0.493 e. The standard InChI is InChI=1S/C14H18O3/c15-14-9-3-4-10-16-13-8-2-1-6-12(13)7-5-11-17-14/h1-2,6,8H,3-5,7,9-11H2. The Morgan fingerprint density at radius 3 is 2.65 bits per heavy atom. The van der Waals surface area contributed by atoms with E-state index in [-0.39, 0.29) is 5.97 Å². The molecule has 2 rings (SSSR count). The van der Waals surface area contributed by atoms with Gasteiger partial charge in [0.05, 0.1) is 13.2 Å². The van der Waals surface area contributed by atoms with Gasteiger partial charge in [0.25, 0.3) is 0 Å². The Kier molecular flexibility index (Phi) is 4.42. The summed E-state index contributed by atoms with van der Waals surface area (Å²) in [7, 11) is 0. The maximum Gasteiger partial charge on any atom is 0.305 e. The molecule has 1 heterocycles. The molecule has 1 aliphatic heterocycles. The van der Waals surface area contributed by atoms with Gasteiger partial charge in [-0.1, -0.05) is 18.2 Å². The van der Waals surface area contributed by atoms with Gasteiger partial charge in [-0.05, 0) is 37.3 Å². The minimum atomic E-state index is -0.0844. The Balaban J connectivity index is 2.01. The van der Waals surface area contributed by atoms with Crippen LogP contribution in [0.25, 0.3) is 0 Å². The summed E-state index contributed by atoms with van der Waals surface area (Å²) in [4.78, 5) is 11.3. The SMILES string of the molecule is O=C1CCCCOc2ccccc2CCCO1. The quantitative estimate of drug-likeness (QED) is 0.647. The summed E-state index contributed by atoms with van der Waals surface area (Å²) in [6, 6.07) is 8.08. The van der Waals surface area contributed by atoms with Crippen LogP contribution in [0.1, 0.15) is 31.2 Å². The number of carbonyl (C=O) groups excluding carboxylic acids is 1. The smallest absolute Gasteiger partial charge is 0.305 e. The predicted molar refractivity (Wildman–Crippen MR) is 65.1 cm³/mol. The lowest BCUT2D eigenvalue weighted by Crippen LogP contribution is -2.09.